The van der Waals surface area contributed by atoms with Crippen LogP contribution >= 0.6 is 0 Å². The molecule has 0 bridgehead atoms. The number of likely N-dealkylation sites (tertiary alicyclic amines) is 1. The topological polar surface area (TPSA) is 29.3 Å². The SMILES string of the molecule is Nc1cccc(F)c1CN1CC2CCCC2C1. The van der Waals surface area contributed by atoms with E-state index in [1.54, 1.807) is 12.1 Å². The Bertz CT molecular complexity index is 386. The molecule has 1 aromatic carbocycles. The normalized spacial score (nSPS) is 28.5. The van der Waals surface area contributed by atoms with Crippen molar-refractivity contribution in [3.63, 3.8) is 0 Å². The molecule has 1 aliphatic carbocycles. The lowest BCUT2D eigenvalue weighted by molar-refractivity contribution is 0.299. The van der Waals surface area contributed by atoms with Crippen LogP contribution in [0.25, 0.3) is 0 Å². The first-order valence-electron chi connectivity index (χ1n) is 6.49. The van der Waals surface area contributed by atoms with E-state index in [9.17, 15) is 4.39 Å². The molecule has 2 N–H and O–H groups in total. The predicted molar refractivity (Wildman–Crippen MR) is 66.9 cm³/mol. The third-order valence-corrected chi connectivity index (χ3v) is 4.34. The van der Waals surface area contributed by atoms with E-state index in [0.29, 0.717) is 17.8 Å². The zero-order valence-corrected chi connectivity index (χ0v) is 10.0. The minimum atomic E-state index is -0.165. The monoisotopic (exact) mass is 234 g/mol. The molecule has 3 rings (SSSR count). The molecule has 2 nitrogen and oxygen atoms in total. The third kappa shape index (κ3) is 2.04. The van der Waals surface area contributed by atoms with Crippen LogP contribution in [-0.4, -0.2) is 18.0 Å². The van der Waals surface area contributed by atoms with Crippen molar-refractivity contribution in [3.8, 4) is 0 Å². The minimum absolute atomic E-state index is 0.165. The Hall–Kier alpha value is -1.09. The number of nitrogens with two attached hydrogens (primary N) is 1. The molecule has 0 spiro atoms. The van der Waals surface area contributed by atoms with Gasteiger partial charge in [0.2, 0.25) is 0 Å². The van der Waals surface area contributed by atoms with Gasteiger partial charge in [-0.1, -0.05) is 12.5 Å². The molecule has 0 aromatic heterocycles. The summed E-state index contributed by atoms with van der Waals surface area (Å²) < 4.78 is 13.7. The van der Waals surface area contributed by atoms with Gasteiger partial charge in [-0.3, -0.25) is 4.90 Å². The second kappa shape index (κ2) is 4.30. The zero-order chi connectivity index (χ0) is 11.8. The van der Waals surface area contributed by atoms with E-state index in [-0.39, 0.29) is 5.82 Å². The van der Waals surface area contributed by atoms with Crippen LogP contribution in [0.15, 0.2) is 18.2 Å². The fourth-order valence-electron chi connectivity index (χ4n) is 3.43. The van der Waals surface area contributed by atoms with E-state index in [1.165, 1.54) is 25.3 Å². The van der Waals surface area contributed by atoms with Gasteiger partial charge in [-0.05, 0) is 36.8 Å². The lowest BCUT2D eigenvalue weighted by Crippen LogP contribution is -2.22. The summed E-state index contributed by atoms with van der Waals surface area (Å²) in [4.78, 5) is 2.36. The van der Waals surface area contributed by atoms with Crippen LogP contribution in [0.3, 0.4) is 0 Å². The van der Waals surface area contributed by atoms with Gasteiger partial charge < -0.3 is 5.73 Å². The molecule has 1 saturated carbocycles. The van der Waals surface area contributed by atoms with Gasteiger partial charge in [-0.15, -0.1) is 0 Å². The molecule has 1 saturated heterocycles. The number of rotatable bonds is 2. The summed E-state index contributed by atoms with van der Waals surface area (Å²) in [6.07, 6.45) is 4.09. The van der Waals surface area contributed by atoms with Gasteiger partial charge in [0.1, 0.15) is 5.82 Å². The van der Waals surface area contributed by atoms with E-state index < -0.39 is 0 Å². The third-order valence-electron chi connectivity index (χ3n) is 4.34. The highest BCUT2D eigenvalue weighted by Crippen LogP contribution is 2.38. The first kappa shape index (κ1) is 11.0. The fraction of sp³-hybridized carbons (Fsp3) is 0.571. The number of nitrogen functional groups attached to an aromatic ring is 1. The van der Waals surface area contributed by atoms with E-state index in [1.807, 2.05) is 0 Å². The predicted octanol–water partition coefficient (Wildman–Crippen LogP) is 2.64. The summed E-state index contributed by atoms with van der Waals surface area (Å²) >= 11 is 0. The number of fused-ring (bicyclic) bond motifs is 1. The summed E-state index contributed by atoms with van der Waals surface area (Å²) in [5, 5.41) is 0. The molecular formula is C14H19FN2. The molecule has 2 atom stereocenters. The highest BCUT2D eigenvalue weighted by atomic mass is 19.1. The first-order chi connectivity index (χ1) is 8.24. The molecular weight excluding hydrogens is 215 g/mol. The maximum Gasteiger partial charge on any atom is 0.129 e. The second-order valence-corrected chi connectivity index (χ2v) is 5.45. The molecule has 3 heteroatoms. The molecule has 92 valence electrons. The maximum absolute atomic E-state index is 13.7. The Morgan fingerprint density at radius 3 is 2.59 bits per heavy atom. The number of nitrogens with zero attached hydrogens (tertiary/aromatic N) is 1. The van der Waals surface area contributed by atoms with Gasteiger partial charge in [0, 0.05) is 30.9 Å². The first-order valence-corrected chi connectivity index (χ1v) is 6.49. The van der Waals surface area contributed by atoms with Crippen molar-refractivity contribution >= 4 is 5.69 Å². The van der Waals surface area contributed by atoms with E-state index >= 15 is 0 Å². The average molecular weight is 234 g/mol. The Balaban J connectivity index is 1.72. The van der Waals surface area contributed by atoms with Crippen LogP contribution in [0.4, 0.5) is 10.1 Å². The molecule has 17 heavy (non-hydrogen) atoms. The second-order valence-electron chi connectivity index (χ2n) is 5.45. The van der Waals surface area contributed by atoms with Crippen LogP contribution in [0.1, 0.15) is 24.8 Å². The van der Waals surface area contributed by atoms with Crippen molar-refractivity contribution in [2.45, 2.75) is 25.8 Å². The quantitative estimate of drug-likeness (QED) is 0.797. The van der Waals surface area contributed by atoms with Crippen LogP contribution < -0.4 is 5.73 Å². The van der Waals surface area contributed by atoms with Crippen molar-refractivity contribution in [2.75, 3.05) is 18.8 Å². The van der Waals surface area contributed by atoms with E-state index in [4.69, 9.17) is 5.73 Å². The Labute approximate surface area is 102 Å². The van der Waals surface area contributed by atoms with E-state index in [2.05, 4.69) is 4.90 Å². The fourth-order valence-corrected chi connectivity index (χ4v) is 3.43. The van der Waals surface area contributed by atoms with Crippen LogP contribution in [-0.2, 0) is 6.54 Å². The summed E-state index contributed by atoms with van der Waals surface area (Å²) in [5.74, 6) is 1.54. The number of halogens is 1. The molecule has 0 amide bonds. The van der Waals surface area contributed by atoms with Crippen LogP contribution in [0.2, 0.25) is 0 Å². The van der Waals surface area contributed by atoms with Gasteiger partial charge in [-0.25, -0.2) is 4.39 Å². The summed E-state index contributed by atoms with van der Waals surface area (Å²) in [6, 6.07) is 4.96. The maximum atomic E-state index is 13.7. The Morgan fingerprint density at radius 2 is 1.94 bits per heavy atom. The molecule has 1 aliphatic heterocycles. The van der Waals surface area contributed by atoms with Crippen LogP contribution in [0.5, 0.6) is 0 Å². The molecule has 2 fully saturated rings. The number of hydrogen-bond acceptors (Lipinski definition) is 2. The Morgan fingerprint density at radius 1 is 1.24 bits per heavy atom. The lowest BCUT2D eigenvalue weighted by Gasteiger charge is -2.18. The van der Waals surface area contributed by atoms with Crippen molar-refractivity contribution < 1.29 is 4.39 Å². The smallest absolute Gasteiger partial charge is 0.129 e. The summed E-state index contributed by atoms with van der Waals surface area (Å²) in [6.45, 7) is 2.92. The van der Waals surface area contributed by atoms with Gasteiger partial charge in [0.05, 0.1) is 0 Å². The lowest BCUT2D eigenvalue weighted by atomic mass is 10.0. The summed E-state index contributed by atoms with van der Waals surface area (Å²) in [7, 11) is 0. The largest absolute Gasteiger partial charge is 0.398 e. The molecule has 2 aliphatic rings. The van der Waals surface area contributed by atoms with Crippen molar-refractivity contribution in [2.24, 2.45) is 11.8 Å². The van der Waals surface area contributed by atoms with Crippen molar-refractivity contribution in [3.05, 3.63) is 29.6 Å². The van der Waals surface area contributed by atoms with E-state index in [0.717, 1.165) is 24.9 Å². The number of hydrogen-bond donors (Lipinski definition) is 1. The van der Waals surface area contributed by atoms with Crippen LogP contribution in [0, 0.1) is 17.7 Å². The number of benzene rings is 1. The molecule has 1 heterocycles. The molecule has 0 radical (unpaired) electrons. The highest BCUT2D eigenvalue weighted by Gasteiger charge is 2.36. The van der Waals surface area contributed by atoms with Gasteiger partial charge in [-0.2, -0.15) is 0 Å². The summed E-state index contributed by atoms with van der Waals surface area (Å²) in [5.41, 5.74) is 7.11. The number of anilines is 1. The van der Waals surface area contributed by atoms with Crippen molar-refractivity contribution in [1.29, 1.82) is 0 Å². The van der Waals surface area contributed by atoms with Gasteiger partial charge in [0.15, 0.2) is 0 Å². The Kier molecular flexibility index (Phi) is 2.79. The standard InChI is InChI=1S/C14H19FN2/c15-13-5-2-6-14(16)12(13)9-17-7-10-3-1-4-11(10)8-17/h2,5-6,10-11H,1,3-4,7-9,16H2. The average Bonchev–Trinajstić information content (AvgIpc) is 2.83. The van der Waals surface area contributed by atoms with Gasteiger partial charge >= 0.3 is 0 Å². The van der Waals surface area contributed by atoms with Gasteiger partial charge in [0.25, 0.3) is 0 Å². The van der Waals surface area contributed by atoms with Crippen molar-refractivity contribution in [1.82, 2.24) is 4.90 Å². The zero-order valence-electron chi connectivity index (χ0n) is 10.0. The molecule has 2 unspecified atom stereocenters. The minimum Gasteiger partial charge on any atom is -0.398 e. The highest BCUT2D eigenvalue weighted by molar-refractivity contribution is 5.47. The molecule has 1 aromatic rings.